The van der Waals surface area contributed by atoms with E-state index in [0.717, 1.165) is 29.4 Å². The molecule has 1 aromatic heterocycles. The van der Waals surface area contributed by atoms with Gasteiger partial charge in [0, 0.05) is 5.56 Å². The van der Waals surface area contributed by atoms with Gasteiger partial charge in [-0.25, -0.2) is 4.79 Å². The van der Waals surface area contributed by atoms with Gasteiger partial charge in [-0.1, -0.05) is 52.0 Å². The van der Waals surface area contributed by atoms with Crippen LogP contribution in [-0.4, -0.2) is 5.11 Å². The molecule has 1 aromatic carbocycles. The van der Waals surface area contributed by atoms with E-state index < -0.39 is 6.10 Å². The van der Waals surface area contributed by atoms with Crippen LogP contribution in [0.15, 0.2) is 39.6 Å². The predicted molar refractivity (Wildman–Crippen MR) is 105 cm³/mol. The highest BCUT2D eigenvalue weighted by Crippen LogP contribution is 2.49. The quantitative estimate of drug-likeness (QED) is 0.767. The van der Waals surface area contributed by atoms with E-state index in [9.17, 15) is 9.90 Å². The molecule has 0 spiro atoms. The smallest absolute Gasteiger partial charge is 0.343 e. The Kier molecular flexibility index (Phi) is 5.23. The van der Waals surface area contributed by atoms with Crippen molar-refractivity contribution in [3.05, 3.63) is 52.1 Å². The van der Waals surface area contributed by atoms with Gasteiger partial charge in [-0.3, -0.25) is 0 Å². The lowest BCUT2D eigenvalue weighted by Gasteiger charge is -2.40. The fourth-order valence-electron chi connectivity index (χ4n) is 4.39. The molecule has 4 heteroatoms. The molecule has 1 unspecified atom stereocenters. The van der Waals surface area contributed by atoms with E-state index >= 15 is 0 Å². The summed E-state index contributed by atoms with van der Waals surface area (Å²) in [7, 11) is 0. The third-order valence-electron chi connectivity index (χ3n) is 4.73. The van der Waals surface area contributed by atoms with Crippen LogP contribution in [0.3, 0.4) is 0 Å². The zero-order chi connectivity index (χ0) is 17.7. The number of halogens is 1. The van der Waals surface area contributed by atoms with Gasteiger partial charge in [-0.05, 0) is 47.6 Å². The molecule has 0 bridgehead atoms. The third kappa shape index (κ3) is 3.83. The van der Waals surface area contributed by atoms with Gasteiger partial charge in [0.25, 0.3) is 0 Å². The fraction of sp³-hybridized carbons (Fsp3) is 0.476. The Morgan fingerprint density at radius 3 is 2.28 bits per heavy atom. The van der Waals surface area contributed by atoms with E-state index in [1.54, 1.807) is 13.0 Å². The van der Waals surface area contributed by atoms with Crippen molar-refractivity contribution in [2.24, 2.45) is 10.8 Å². The van der Waals surface area contributed by atoms with Crippen LogP contribution in [-0.2, 0) is 0 Å². The predicted octanol–water partition coefficient (Wildman–Crippen LogP) is 5.50. The number of allylic oxidation sites excluding steroid dienone is 2. The van der Waals surface area contributed by atoms with Crippen molar-refractivity contribution in [1.29, 1.82) is 0 Å². The minimum atomic E-state index is -0.827. The average Bonchev–Trinajstić information content (AvgIpc) is 2.43. The van der Waals surface area contributed by atoms with Crippen LogP contribution in [0.25, 0.3) is 16.3 Å². The summed E-state index contributed by atoms with van der Waals surface area (Å²) in [4.78, 5) is 12.3. The normalized spacial score (nSPS) is 19.8. The maximum Gasteiger partial charge on any atom is 0.343 e. The van der Waals surface area contributed by atoms with Crippen molar-refractivity contribution >= 4 is 28.8 Å². The molecule has 1 aliphatic carbocycles. The minimum Gasteiger partial charge on any atom is -0.424 e. The first kappa shape index (κ1) is 19.7. The highest BCUT2D eigenvalue weighted by Gasteiger charge is 2.35. The van der Waals surface area contributed by atoms with Crippen LogP contribution in [0.4, 0.5) is 0 Å². The topological polar surface area (TPSA) is 50.4 Å². The zero-order valence-electron chi connectivity index (χ0n) is 15.6. The van der Waals surface area contributed by atoms with E-state index in [1.807, 2.05) is 18.2 Å². The maximum atomic E-state index is 12.3. The van der Waals surface area contributed by atoms with Gasteiger partial charge in [0.1, 0.15) is 11.9 Å². The highest BCUT2D eigenvalue weighted by atomic mass is 35.5. The van der Waals surface area contributed by atoms with Crippen LogP contribution in [0.1, 0.15) is 64.9 Å². The molecule has 0 saturated heterocycles. The molecule has 136 valence electrons. The van der Waals surface area contributed by atoms with E-state index in [2.05, 4.69) is 33.8 Å². The summed E-state index contributed by atoms with van der Waals surface area (Å²) in [5, 5.41) is 11.7. The standard InChI is InChI=1S/C21H26O3.ClH/c1-13(22)18-17(14-10-20(2,3)12-21(4,5)11-14)15-8-6-7-9-16(15)19(23)24-18;/h6-10,13,22H,11-12H2,1-5H3;1H. The summed E-state index contributed by atoms with van der Waals surface area (Å²) in [5.74, 6) is 0.374. The molecule has 1 atom stereocenters. The van der Waals surface area contributed by atoms with E-state index in [1.165, 1.54) is 0 Å². The largest absolute Gasteiger partial charge is 0.424 e. The van der Waals surface area contributed by atoms with E-state index in [-0.39, 0.29) is 28.9 Å². The van der Waals surface area contributed by atoms with Gasteiger partial charge in [-0.15, -0.1) is 12.4 Å². The van der Waals surface area contributed by atoms with Crippen LogP contribution in [0, 0.1) is 10.8 Å². The molecule has 25 heavy (non-hydrogen) atoms. The molecule has 0 fully saturated rings. The second-order valence-electron chi connectivity index (χ2n) is 8.53. The monoisotopic (exact) mass is 362 g/mol. The first-order valence-electron chi connectivity index (χ1n) is 8.56. The number of hydrogen-bond donors (Lipinski definition) is 1. The van der Waals surface area contributed by atoms with Crippen molar-refractivity contribution in [3.63, 3.8) is 0 Å². The first-order chi connectivity index (χ1) is 11.1. The second kappa shape index (κ2) is 6.62. The molecule has 0 amide bonds. The molecular weight excluding hydrogens is 336 g/mol. The molecule has 2 aromatic rings. The molecule has 3 nitrogen and oxygen atoms in total. The summed E-state index contributed by atoms with van der Waals surface area (Å²) >= 11 is 0. The Labute approximate surface area is 155 Å². The number of hydrogen-bond acceptors (Lipinski definition) is 3. The Hall–Kier alpha value is -1.58. The summed E-state index contributed by atoms with van der Waals surface area (Å²) in [5.41, 5.74) is 1.87. The van der Waals surface area contributed by atoms with Crippen molar-refractivity contribution in [3.8, 4) is 0 Å². The van der Waals surface area contributed by atoms with Crippen molar-refractivity contribution in [1.82, 2.24) is 0 Å². The number of aliphatic hydroxyl groups is 1. The third-order valence-corrected chi connectivity index (χ3v) is 4.73. The van der Waals surface area contributed by atoms with Crippen molar-refractivity contribution in [2.75, 3.05) is 0 Å². The van der Waals surface area contributed by atoms with Gasteiger partial charge in [-0.2, -0.15) is 0 Å². The second-order valence-corrected chi connectivity index (χ2v) is 8.53. The molecular formula is C21H27ClO3. The SMILES string of the molecule is CC(O)c1oc(=O)c2ccccc2c1C1=CC(C)(C)CC(C)(C)C1.Cl. The van der Waals surface area contributed by atoms with Crippen LogP contribution in [0.2, 0.25) is 0 Å². The Balaban J connectivity index is 0.00000225. The Morgan fingerprint density at radius 1 is 1.12 bits per heavy atom. The molecule has 1 N–H and O–H groups in total. The number of aliphatic hydroxyl groups excluding tert-OH is 1. The Bertz CT molecular complexity index is 872. The van der Waals surface area contributed by atoms with Crippen molar-refractivity contribution < 1.29 is 9.52 Å². The van der Waals surface area contributed by atoms with E-state index in [4.69, 9.17) is 4.42 Å². The maximum absolute atomic E-state index is 12.3. The zero-order valence-corrected chi connectivity index (χ0v) is 16.4. The summed E-state index contributed by atoms with van der Waals surface area (Å²) in [6.07, 6.45) is 3.45. The Morgan fingerprint density at radius 2 is 1.72 bits per heavy atom. The number of benzene rings is 1. The molecule has 3 rings (SSSR count). The van der Waals surface area contributed by atoms with Gasteiger partial charge >= 0.3 is 5.63 Å². The van der Waals surface area contributed by atoms with Crippen LogP contribution in [0.5, 0.6) is 0 Å². The van der Waals surface area contributed by atoms with Crippen LogP contribution >= 0.6 is 12.4 Å². The average molecular weight is 363 g/mol. The van der Waals surface area contributed by atoms with Gasteiger partial charge in [0.15, 0.2) is 0 Å². The lowest BCUT2D eigenvalue weighted by atomic mass is 9.65. The fourth-order valence-corrected chi connectivity index (χ4v) is 4.39. The number of rotatable bonds is 2. The molecule has 1 aliphatic rings. The molecule has 0 radical (unpaired) electrons. The summed E-state index contributed by atoms with van der Waals surface area (Å²) < 4.78 is 5.53. The number of fused-ring (bicyclic) bond motifs is 1. The lowest BCUT2D eigenvalue weighted by Crippen LogP contribution is -2.27. The highest BCUT2D eigenvalue weighted by molar-refractivity contribution is 5.94. The minimum absolute atomic E-state index is 0. The lowest BCUT2D eigenvalue weighted by molar-refractivity contribution is 0.164. The summed E-state index contributed by atoms with van der Waals surface area (Å²) in [6, 6.07) is 7.50. The first-order valence-corrected chi connectivity index (χ1v) is 8.56. The van der Waals surface area contributed by atoms with Gasteiger partial charge < -0.3 is 9.52 Å². The molecule has 0 aliphatic heterocycles. The van der Waals surface area contributed by atoms with Crippen molar-refractivity contribution in [2.45, 2.75) is 53.6 Å². The molecule has 1 heterocycles. The van der Waals surface area contributed by atoms with Gasteiger partial charge in [0.2, 0.25) is 0 Å². The summed E-state index contributed by atoms with van der Waals surface area (Å²) in [6.45, 7) is 10.7. The van der Waals surface area contributed by atoms with Gasteiger partial charge in [0.05, 0.1) is 5.39 Å². The van der Waals surface area contributed by atoms with E-state index in [0.29, 0.717) is 11.1 Å². The van der Waals surface area contributed by atoms with Crippen LogP contribution < -0.4 is 5.63 Å². The molecule has 0 saturated carbocycles.